The molecule has 0 bridgehead atoms. The van der Waals surface area contributed by atoms with Crippen molar-refractivity contribution in [3.05, 3.63) is 47.8 Å². The molecule has 1 aliphatic carbocycles. The Bertz CT molecular complexity index is 1100. The van der Waals surface area contributed by atoms with Gasteiger partial charge in [-0.3, -0.25) is 0 Å². The molecule has 0 radical (unpaired) electrons. The third-order valence-corrected chi connectivity index (χ3v) is 7.08. The van der Waals surface area contributed by atoms with Gasteiger partial charge in [-0.1, -0.05) is 24.6 Å². The number of aliphatic hydroxyl groups excluding tert-OH is 1. The fraction of sp³-hybridized carbons (Fsp3) is 0.520. The normalized spacial score (nSPS) is 19.6. The largest absolute Gasteiger partial charge is 0.387 e. The molecule has 2 aromatic heterocycles. The predicted octanol–water partition coefficient (Wildman–Crippen LogP) is 3.30. The maximum absolute atomic E-state index is 10.8. The molecular formula is C25H32N4O4. The van der Waals surface area contributed by atoms with Gasteiger partial charge in [0.25, 0.3) is 0 Å². The van der Waals surface area contributed by atoms with Crippen LogP contribution in [-0.4, -0.2) is 64.5 Å². The number of anilines is 1. The summed E-state index contributed by atoms with van der Waals surface area (Å²) >= 11 is 0. The lowest BCUT2D eigenvalue weighted by Crippen LogP contribution is -2.47. The summed E-state index contributed by atoms with van der Waals surface area (Å²) < 4.78 is 12.3. The van der Waals surface area contributed by atoms with Crippen LogP contribution in [-0.2, 0) is 9.47 Å². The topological polar surface area (TPSA) is 92.9 Å². The molecule has 33 heavy (non-hydrogen) atoms. The molecule has 1 aromatic carbocycles. The number of methoxy groups -OCH3 is 2. The maximum Gasteiger partial charge on any atom is 0.198 e. The van der Waals surface area contributed by atoms with E-state index in [1.54, 1.807) is 7.11 Å². The zero-order valence-electron chi connectivity index (χ0n) is 19.3. The van der Waals surface area contributed by atoms with Gasteiger partial charge in [-0.2, -0.15) is 5.10 Å². The highest BCUT2D eigenvalue weighted by Gasteiger charge is 2.35. The van der Waals surface area contributed by atoms with Crippen LogP contribution < -0.4 is 4.90 Å². The van der Waals surface area contributed by atoms with E-state index in [9.17, 15) is 10.2 Å². The van der Waals surface area contributed by atoms with Gasteiger partial charge < -0.3 is 24.6 Å². The molecule has 1 saturated heterocycles. The van der Waals surface area contributed by atoms with Crippen LogP contribution >= 0.6 is 0 Å². The van der Waals surface area contributed by atoms with E-state index in [2.05, 4.69) is 4.90 Å². The SMILES string of the molecule is COCC1(O)CCN(c2cc(C(O)OC)nc3c2c(C2CCC2)nn3-c2ccccc2)CC1. The van der Waals surface area contributed by atoms with Gasteiger partial charge in [-0.15, -0.1) is 0 Å². The van der Waals surface area contributed by atoms with Crippen molar-refractivity contribution < 1.29 is 19.7 Å². The molecule has 3 aromatic rings. The Balaban J connectivity index is 1.66. The zero-order valence-corrected chi connectivity index (χ0v) is 19.3. The summed E-state index contributed by atoms with van der Waals surface area (Å²) in [7, 11) is 3.09. The molecule has 5 rings (SSSR count). The minimum atomic E-state index is -1.13. The van der Waals surface area contributed by atoms with Crippen molar-refractivity contribution in [1.82, 2.24) is 14.8 Å². The average Bonchev–Trinajstić information content (AvgIpc) is 3.17. The van der Waals surface area contributed by atoms with Gasteiger partial charge in [0.05, 0.1) is 34.7 Å². The predicted molar refractivity (Wildman–Crippen MR) is 126 cm³/mol. The molecule has 1 aliphatic heterocycles. The Morgan fingerprint density at radius 2 is 1.88 bits per heavy atom. The van der Waals surface area contributed by atoms with E-state index in [0.29, 0.717) is 44.1 Å². The van der Waals surface area contributed by atoms with Crippen LogP contribution in [0.4, 0.5) is 5.69 Å². The molecule has 1 unspecified atom stereocenters. The highest BCUT2D eigenvalue weighted by Crippen LogP contribution is 2.43. The third kappa shape index (κ3) is 4.12. The Labute approximate surface area is 193 Å². The number of hydrogen-bond donors (Lipinski definition) is 2. The fourth-order valence-electron chi connectivity index (χ4n) is 4.93. The molecule has 2 N–H and O–H groups in total. The standard InChI is InChI=1S/C25H32N4O4/c1-32-16-25(31)11-13-28(14-12-25)20-15-19(24(30)33-2)26-23-21(20)22(17-7-6-8-17)27-29(23)18-9-4-3-5-10-18/h3-5,9-10,15,17,24,30-31H,6-8,11-14,16H2,1-2H3. The van der Waals surface area contributed by atoms with Gasteiger partial charge in [0.1, 0.15) is 5.69 Å². The lowest BCUT2D eigenvalue weighted by atomic mass is 9.81. The van der Waals surface area contributed by atoms with Crippen LogP contribution in [0.25, 0.3) is 16.7 Å². The molecule has 2 aliphatic rings. The van der Waals surface area contributed by atoms with Crippen molar-refractivity contribution in [3.8, 4) is 5.69 Å². The van der Waals surface area contributed by atoms with E-state index in [1.807, 2.05) is 41.1 Å². The van der Waals surface area contributed by atoms with Crippen molar-refractivity contribution in [2.75, 3.05) is 38.8 Å². The van der Waals surface area contributed by atoms with Gasteiger partial charge in [-0.25, -0.2) is 9.67 Å². The number of piperidine rings is 1. The Hall–Kier alpha value is -2.52. The first-order valence-electron chi connectivity index (χ1n) is 11.7. The Morgan fingerprint density at radius 3 is 2.48 bits per heavy atom. The molecule has 8 nitrogen and oxygen atoms in total. The number of ether oxygens (including phenoxy) is 2. The van der Waals surface area contributed by atoms with E-state index in [-0.39, 0.29) is 0 Å². The summed E-state index contributed by atoms with van der Waals surface area (Å²) in [6.07, 6.45) is 3.54. The third-order valence-electron chi connectivity index (χ3n) is 7.08. The van der Waals surface area contributed by atoms with Gasteiger partial charge in [-0.05, 0) is 43.9 Å². The second-order valence-corrected chi connectivity index (χ2v) is 9.26. The van der Waals surface area contributed by atoms with Crippen LogP contribution in [0.15, 0.2) is 36.4 Å². The highest BCUT2D eigenvalue weighted by molar-refractivity contribution is 5.94. The number of pyridine rings is 1. The van der Waals surface area contributed by atoms with Crippen molar-refractivity contribution in [3.63, 3.8) is 0 Å². The molecule has 8 heteroatoms. The molecular weight excluding hydrogens is 420 g/mol. The Morgan fingerprint density at radius 1 is 1.15 bits per heavy atom. The molecule has 0 amide bonds. The van der Waals surface area contributed by atoms with Crippen LogP contribution in [0.3, 0.4) is 0 Å². The number of aliphatic hydroxyl groups is 2. The van der Waals surface area contributed by atoms with Crippen LogP contribution in [0.5, 0.6) is 0 Å². The van der Waals surface area contributed by atoms with E-state index in [1.165, 1.54) is 13.5 Å². The lowest BCUT2D eigenvalue weighted by Gasteiger charge is -2.39. The smallest absolute Gasteiger partial charge is 0.198 e. The number of nitrogens with zero attached hydrogens (tertiary/aromatic N) is 4. The second-order valence-electron chi connectivity index (χ2n) is 9.26. The highest BCUT2D eigenvalue weighted by atomic mass is 16.6. The molecule has 0 spiro atoms. The van der Waals surface area contributed by atoms with Gasteiger partial charge >= 0.3 is 0 Å². The monoisotopic (exact) mass is 452 g/mol. The minimum absolute atomic E-state index is 0.333. The summed E-state index contributed by atoms with van der Waals surface area (Å²) in [5.74, 6) is 0.409. The number of benzene rings is 1. The number of fused-ring (bicyclic) bond motifs is 1. The molecule has 3 heterocycles. The average molecular weight is 453 g/mol. The quantitative estimate of drug-likeness (QED) is 0.531. The second kappa shape index (κ2) is 9.02. The molecule has 2 fully saturated rings. The first-order valence-corrected chi connectivity index (χ1v) is 11.7. The van der Waals surface area contributed by atoms with E-state index in [4.69, 9.17) is 19.6 Å². The van der Waals surface area contributed by atoms with Crippen LogP contribution in [0, 0.1) is 0 Å². The summed E-state index contributed by atoms with van der Waals surface area (Å²) in [4.78, 5) is 7.10. The van der Waals surface area contributed by atoms with E-state index >= 15 is 0 Å². The number of para-hydroxylation sites is 1. The Kier molecular flexibility index (Phi) is 6.09. The number of aromatic nitrogens is 3. The first kappa shape index (κ1) is 22.3. The van der Waals surface area contributed by atoms with E-state index in [0.717, 1.165) is 40.9 Å². The summed E-state index contributed by atoms with van der Waals surface area (Å²) in [5.41, 5.74) is 3.37. The summed E-state index contributed by atoms with van der Waals surface area (Å²) in [6.45, 7) is 1.70. The van der Waals surface area contributed by atoms with Gasteiger partial charge in [0, 0.05) is 33.2 Å². The lowest BCUT2D eigenvalue weighted by molar-refractivity contribution is -0.0797. The van der Waals surface area contributed by atoms with Crippen molar-refractivity contribution >= 4 is 16.7 Å². The summed E-state index contributed by atoms with van der Waals surface area (Å²) in [5, 5.41) is 27.4. The zero-order chi connectivity index (χ0) is 23.0. The maximum atomic E-state index is 10.8. The van der Waals surface area contributed by atoms with Crippen LogP contribution in [0.2, 0.25) is 0 Å². The van der Waals surface area contributed by atoms with Crippen molar-refractivity contribution in [2.45, 2.75) is 49.9 Å². The number of hydrogen-bond acceptors (Lipinski definition) is 7. The van der Waals surface area contributed by atoms with Crippen molar-refractivity contribution in [2.24, 2.45) is 0 Å². The molecule has 1 saturated carbocycles. The number of rotatable bonds is 7. The van der Waals surface area contributed by atoms with Crippen molar-refractivity contribution in [1.29, 1.82) is 0 Å². The summed E-state index contributed by atoms with van der Waals surface area (Å²) in [6, 6.07) is 11.9. The van der Waals surface area contributed by atoms with Gasteiger partial charge in [0.15, 0.2) is 11.9 Å². The van der Waals surface area contributed by atoms with Gasteiger partial charge in [0.2, 0.25) is 0 Å². The van der Waals surface area contributed by atoms with Crippen LogP contribution in [0.1, 0.15) is 55.7 Å². The molecule has 1 atom stereocenters. The first-order chi connectivity index (χ1) is 16.0. The van der Waals surface area contributed by atoms with E-state index < -0.39 is 11.9 Å². The minimum Gasteiger partial charge on any atom is -0.387 e. The molecule has 176 valence electrons. The fourth-order valence-corrected chi connectivity index (χ4v) is 4.93.